The zero-order chi connectivity index (χ0) is 29.4. The minimum Gasteiger partial charge on any atom is -0.207 e. The van der Waals surface area contributed by atoms with Crippen molar-refractivity contribution < 1.29 is 38.8 Å². The minimum atomic E-state index is -2.25. The molecular weight excluding hydrogens is 646 g/mol. The molecule has 0 amide bonds. The smallest absolute Gasteiger partial charge is 0.207 e. The Bertz CT molecular complexity index is 1530. The van der Waals surface area contributed by atoms with Gasteiger partial charge in [0.15, 0.2) is 7.14 Å². The molecule has 0 atom stereocenters. The highest BCUT2D eigenvalue weighted by Gasteiger charge is 2.33. The van der Waals surface area contributed by atoms with Gasteiger partial charge in [0.2, 0.25) is 0 Å². The summed E-state index contributed by atoms with van der Waals surface area (Å²) < 4.78 is 60.0. The van der Waals surface area contributed by atoms with Crippen LogP contribution in [-0.4, -0.2) is 6.15 Å². The number of hydrogen-bond donors (Lipinski definition) is 0. The fraction of sp³-hybridized carbons (Fsp3) is 0. The predicted octanol–water partition coefficient (Wildman–Crippen LogP) is 3.44. The third-order valence-corrected chi connectivity index (χ3v) is 9.76. The maximum atomic E-state index is 14.3. The molecule has 6 aromatic rings. The van der Waals surface area contributed by atoms with E-state index in [1.54, 1.807) is 48.5 Å². The van der Waals surface area contributed by atoms with Crippen molar-refractivity contribution >= 4 is 28.0 Å². The van der Waals surface area contributed by atoms with E-state index in [1.165, 1.54) is 55.7 Å². The van der Waals surface area contributed by atoms with E-state index < -0.39 is 29.4 Å². The monoisotopic (exact) mass is 672 g/mol. The minimum absolute atomic E-state index is 0.0287. The molecule has 6 rings (SSSR count). The Kier molecular flexibility index (Phi) is 9.54. The van der Waals surface area contributed by atoms with Crippen molar-refractivity contribution in [2.24, 2.45) is 0 Å². The number of hydrogen-bond acceptors (Lipinski definition) is 0. The average molecular weight is 672 g/mol. The highest BCUT2D eigenvalue weighted by atomic mass is 127. The Morgan fingerprint density at radius 2 is 0.619 bits per heavy atom. The van der Waals surface area contributed by atoms with Gasteiger partial charge in [0, 0.05) is 0 Å². The summed E-state index contributed by atoms with van der Waals surface area (Å²) in [6.45, 7) is 0. The zero-order valence-electron chi connectivity index (χ0n) is 22.5. The molecule has 0 nitrogen and oxygen atoms in total. The summed E-state index contributed by atoms with van der Waals surface area (Å²) in [6, 6.07) is 44.9. The standard InChI is InChI=1S/C24H16BF4.C12H10I/c26-21-9-1-5-17(13-21)25(18-6-2-10-22(27)14-18,19-7-3-11-23(28)15-19)20-8-4-12-24(29)16-20;1-3-7-11(8-4-1)13-12-9-5-2-6-10-12/h1-16H;1-10H/q-1;+1. The summed E-state index contributed by atoms with van der Waals surface area (Å²) in [5.74, 6) is -1.95. The second kappa shape index (κ2) is 13.7. The van der Waals surface area contributed by atoms with Crippen molar-refractivity contribution in [3.8, 4) is 0 Å². The van der Waals surface area contributed by atoms with Crippen LogP contribution in [0.4, 0.5) is 17.6 Å². The topological polar surface area (TPSA) is 0 Å². The van der Waals surface area contributed by atoms with Crippen LogP contribution in [0.1, 0.15) is 0 Å². The van der Waals surface area contributed by atoms with E-state index in [2.05, 4.69) is 60.7 Å². The lowest BCUT2D eigenvalue weighted by molar-refractivity contribution is -0.597. The van der Waals surface area contributed by atoms with Gasteiger partial charge in [-0.25, -0.2) is 17.6 Å². The van der Waals surface area contributed by atoms with Crippen molar-refractivity contribution in [1.29, 1.82) is 0 Å². The van der Waals surface area contributed by atoms with E-state index in [0.717, 1.165) is 0 Å². The molecule has 6 aromatic carbocycles. The van der Waals surface area contributed by atoms with Crippen molar-refractivity contribution in [3.63, 3.8) is 0 Å². The normalized spacial score (nSPS) is 11.0. The first-order valence-corrected chi connectivity index (χ1v) is 15.6. The summed E-state index contributed by atoms with van der Waals surface area (Å²) in [4.78, 5) is 0. The molecule has 208 valence electrons. The highest BCUT2D eigenvalue weighted by molar-refractivity contribution is 7.19. The lowest BCUT2D eigenvalue weighted by atomic mass is 9.13. The van der Waals surface area contributed by atoms with Crippen LogP contribution in [0, 0.1) is 30.4 Å². The molecule has 0 aliphatic heterocycles. The van der Waals surface area contributed by atoms with Gasteiger partial charge in [0.05, 0.1) is 0 Å². The first kappa shape index (κ1) is 29.3. The van der Waals surface area contributed by atoms with Gasteiger partial charge in [-0.15, -0.1) is 0 Å². The molecule has 0 bridgehead atoms. The second-order valence-corrected chi connectivity index (χ2v) is 12.8. The molecule has 0 radical (unpaired) electrons. The third-order valence-electron chi connectivity index (χ3n) is 7.08. The van der Waals surface area contributed by atoms with Gasteiger partial charge in [0.25, 0.3) is 0 Å². The van der Waals surface area contributed by atoms with Crippen LogP contribution < -0.4 is 43.1 Å². The molecule has 0 saturated carbocycles. The van der Waals surface area contributed by atoms with E-state index in [9.17, 15) is 17.6 Å². The van der Waals surface area contributed by atoms with Crippen molar-refractivity contribution in [1.82, 2.24) is 0 Å². The molecule has 6 heteroatoms. The van der Waals surface area contributed by atoms with Crippen LogP contribution >= 0.6 is 0 Å². The number of benzene rings is 6. The van der Waals surface area contributed by atoms with Gasteiger partial charge >= 0.3 is 21.2 Å². The highest BCUT2D eigenvalue weighted by Crippen LogP contribution is 2.13. The quantitative estimate of drug-likeness (QED) is 0.145. The number of halogens is 5. The van der Waals surface area contributed by atoms with Gasteiger partial charge < -0.3 is 0 Å². The van der Waals surface area contributed by atoms with Crippen molar-refractivity contribution in [3.05, 3.63) is 188 Å². The van der Waals surface area contributed by atoms with E-state index in [-0.39, 0.29) is 21.2 Å². The maximum Gasteiger partial charge on any atom is 0.357 e. The number of rotatable bonds is 6. The molecule has 0 aliphatic rings. The van der Waals surface area contributed by atoms with Crippen LogP contribution in [0.25, 0.3) is 0 Å². The molecule has 0 heterocycles. The average Bonchev–Trinajstić information content (AvgIpc) is 2.99. The Labute approximate surface area is 253 Å². The summed E-state index contributed by atoms with van der Waals surface area (Å²) in [5, 5.41) is 0. The van der Waals surface area contributed by atoms with Gasteiger partial charge in [-0.05, 0) is 48.5 Å². The Morgan fingerprint density at radius 1 is 0.333 bits per heavy atom. The van der Waals surface area contributed by atoms with Crippen molar-refractivity contribution in [2.45, 2.75) is 0 Å². The Morgan fingerprint density at radius 3 is 0.881 bits per heavy atom. The lowest BCUT2D eigenvalue weighted by Crippen LogP contribution is -3.61. The lowest BCUT2D eigenvalue weighted by Gasteiger charge is -2.44. The first-order chi connectivity index (χ1) is 20.4. The Hall–Kier alpha value is -4.17. The van der Waals surface area contributed by atoms with E-state index in [0.29, 0.717) is 21.9 Å². The summed E-state index contributed by atoms with van der Waals surface area (Å²) >= 11 is 0.0287. The SMILES string of the molecule is Fc1cccc([B-](c2cccc(F)c2)(c2cccc(F)c2)c2cccc(F)c2)c1.c1ccc([I+]c2ccccc2)cc1. The third kappa shape index (κ3) is 6.82. The zero-order valence-corrected chi connectivity index (χ0v) is 24.6. The summed E-state index contributed by atoms with van der Waals surface area (Å²) in [5.41, 5.74) is 1.97. The summed E-state index contributed by atoms with van der Waals surface area (Å²) in [7, 11) is 0. The fourth-order valence-electron chi connectivity index (χ4n) is 5.34. The van der Waals surface area contributed by atoms with Gasteiger partial charge in [0.1, 0.15) is 29.4 Å². The molecule has 0 aliphatic carbocycles. The van der Waals surface area contributed by atoms with Gasteiger partial charge in [-0.2, -0.15) is 21.9 Å². The molecule has 0 saturated heterocycles. The second-order valence-electron chi connectivity index (χ2n) is 9.77. The van der Waals surface area contributed by atoms with Crippen molar-refractivity contribution in [2.75, 3.05) is 0 Å². The van der Waals surface area contributed by atoms with Crippen LogP contribution in [0.2, 0.25) is 0 Å². The van der Waals surface area contributed by atoms with E-state index in [1.807, 2.05) is 0 Å². The maximum absolute atomic E-state index is 14.3. The van der Waals surface area contributed by atoms with Crippen LogP contribution in [0.15, 0.2) is 158 Å². The fourth-order valence-corrected chi connectivity index (χ4v) is 7.61. The Balaban J connectivity index is 0.000000226. The van der Waals surface area contributed by atoms with Gasteiger partial charge in [-0.1, -0.05) is 109 Å². The summed E-state index contributed by atoms with van der Waals surface area (Å²) in [6.07, 6.45) is -2.25. The van der Waals surface area contributed by atoms with Gasteiger partial charge in [-0.3, -0.25) is 0 Å². The van der Waals surface area contributed by atoms with Crippen LogP contribution in [0.3, 0.4) is 0 Å². The first-order valence-electron chi connectivity index (χ1n) is 13.4. The molecule has 0 fully saturated rings. The van der Waals surface area contributed by atoms with E-state index >= 15 is 0 Å². The molecule has 0 unspecified atom stereocenters. The molecule has 0 N–H and O–H groups in total. The van der Waals surface area contributed by atoms with Crippen LogP contribution in [0.5, 0.6) is 0 Å². The molecule has 0 spiro atoms. The predicted molar refractivity (Wildman–Crippen MR) is 160 cm³/mol. The molecule has 0 aromatic heterocycles. The van der Waals surface area contributed by atoms with E-state index in [4.69, 9.17) is 0 Å². The molecular formula is C36H26BF4I. The largest absolute Gasteiger partial charge is 0.357 e. The van der Waals surface area contributed by atoms with Crippen LogP contribution in [-0.2, 0) is 0 Å². The molecule has 42 heavy (non-hydrogen) atoms.